The van der Waals surface area contributed by atoms with Crippen LogP contribution in [-0.4, -0.2) is 56.0 Å². The van der Waals surface area contributed by atoms with Crippen molar-refractivity contribution in [1.29, 1.82) is 0 Å². The van der Waals surface area contributed by atoms with E-state index >= 15 is 0 Å². The molecular weight excluding hydrogens is 452 g/mol. The van der Waals surface area contributed by atoms with Gasteiger partial charge in [-0.1, -0.05) is 23.7 Å². The van der Waals surface area contributed by atoms with E-state index in [1.807, 2.05) is 31.2 Å². The van der Waals surface area contributed by atoms with E-state index in [0.29, 0.717) is 6.54 Å². The number of benzene rings is 1. The molecule has 0 aliphatic carbocycles. The van der Waals surface area contributed by atoms with E-state index in [-0.39, 0.29) is 13.2 Å². The van der Waals surface area contributed by atoms with Crippen LogP contribution in [-0.2, 0) is 16.1 Å². The van der Waals surface area contributed by atoms with Crippen LogP contribution < -0.4 is 0 Å². The minimum Gasteiger partial charge on any atom is -0.463 e. The molecule has 4 rings (SSSR count). The maximum absolute atomic E-state index is 10.0. The molecule has 0 amide bonds. The fourth-order valence-corrected chi connectivity index (χ4v) is 4.51. The lowest BCUT2D eigenvalue weighted by Gasteiger charge is -2.09. The van der Waals surface area contributed by atoms with Crippen molar-refractivity contribution in [3.63, 3.8) is 0 Å². The van der Waals surface area contributed by atoms with Crippen molar-refractivity contribution in [2.45, 2.75) is 40.3 Å². The highest BCUT2D eigenvalue weighted by molar-refractivity contribution is 7.15. The maximum atomic E-state index is 10.0. The molecule has 3 aromatic rings. The van der Waals surface area contributed by atoms with Gasteiger partial charge in [-0.15, -0.1) is 21.5 Å². The number of ether oxygens (including phenoxy) is 1. The van der Waals surface area contributed by atoms with Crippen LogP contribution in [0.15, 0.2) is 29.3 Å². The molecule has 1 aliphatic heterocycles. The molecule has 0 spiro atoms. The van der Waals surface area contributed by atoms with Crippen molar-refractivity contribution in [3.05, 3.63) is 62.5 Å². The minimum absolute atomic E-state index is 0.133. The summed E-state index contributed by atoms with van der Waals surface area (Å²) >= 11 is 7.80. The number of nitrogens with zero attached hydrogens (tertiary/aromatic N) is 4. The molecule has 32 heavy (non-hydrogen) atoms. The molecule has 0 saturated carbocycles. The molecule has 1 unspecified atom stereocenters. The van der Waals surface area contributed by atoms with Gasteiger partial charge in [0.1, 0.15) is 30.1 Å². The predicted molar refractivity (Wildman–Crippen MR) is 124 cm³/mol. The van der Waals surface area contributed by atoms with Gasteiger partial charge in [-0.2, -0.15) is 0 Å². The number of thiophene rings is 1. The van der Waals surface area contributed by atoms with Crippen molar-refractivity contribution >= 4 is 34.6 Å². The molecule has 0 saturated heterocycles. The zero-order chi connectivity index (χ0) is 23.4. The molecule has 2 N–H and O–H groups in total. The molecule has 0 fully saturated rings. The Morgan fingerprint density at radius 1 is 1.25 bits per heavy atom. The number of esters is 1. The third-order valence-corrected chi connectivity index (χ3v) is 6.33. The SMILES string of the molecule is CC(=O)OCC(O)CO.Cc1sc2c(c1C)C(c1ccc(Cl)cc1)=NCc1nnc(C)n1-2. The monoisotopic (exact) mass is 476 g/mol. The number of carbonyl (C=O) groups is 1. The second kappa shape index (κ2) is 10.4. The number of halogens is 1. The molecule has 1 aromatic carbocycles. The molecule has 1 atom stereocenters. The van der Waals surface area contributed by atoms with E-state index < -0.39 is 12.1 Å². The fourth-order valence-electron chi connectivity index (χ4n) is 3.16. The quantitative estimate of drug-likeness (QED) is 0.560. The van der Waals surface area contributed by atoms with Gasteiger partial charge in [0.15, 0.2) is 5.82 Å². The Bertz CT molecular complexity index is 1140. The fraction of sp³-hybridized carbons (Fsp3) is 0.364. The third-order valence-electron chi connectivity index (χ3n) is 4.88. The number of aliphatic hydroxyl groups is 2. The van der Waals surface area contributed by atoms with Crippen LogP contribution in [0.1, 0.15) is 40.1 Å². The van der Waals surface area contributed by atoms with Crippen LogP contribution in [0.25, 0.3) is 5.00 Å². The molecule has 10 heteroatoms. The summed E-state index contributed by atoms with van der Waals surface area (Å²) in [4.78, 5) is 16.2. The Labute approximate surface area is 195 Å². The standard InChI is InChI=1S/C17H15ClN4S.C5H10O4/c1-9-10(2)23-17-15(9)16(12-4-6-13(18)7-5-12)19-8-14-21-20-11(3)22(14)17;1-4(7)9-3-5(8)2-6/h4-7H,8H2,1-3H3;5-6,8H,2-3H2,1H3. The summed E-state index contributed by atoms with van der Waals surface area (Å²) in [7, 11) is 0. The van der Waals surface area contributed by atoms with Gasteiger partial charge < -0.3 is 14.9 Å². The van der Waals surface area contributed by atoms with E-state index in [1.165, 1.54) is 22.9 Å². The summed E-state index contributed by atoms with van der Waals surface area (Å²) in [6.07, 6.45) is -0.950. The van der Waals surface area contributed by atoms with Gasteiger partial charge in [0.05, 0.1) is 12.3 Å². The second-order valence-corrected chi connectivity index (χ2v) is 8.91. The predicted octanol–water partition coefficient (Wildman–Crippen LogP) is 3.16. The summed E-state index contributed by atoms with van der Waals surface area (Å²) in [6, 6.07) is 7.86. The first-order valence-electron chi connectivity index (χ1n) is 9.97. The van der Waals surface area contributed by atoms with E-state index in [4.69, 9.17) is 26.8 Å². The molecular formula is C22H25ClN4O4S. The van der Waals surface area contributed by atoms with E-state index in [9.17, 15) is 4.79 Å². The van der Waals surface area contributed by atoms with E-state index in [2.05, 4.69) is 33.3 Å². The molecule has 2 aromatic heterocycles. The summed E-state index contributed by atoms with van der Waals surface area (Å²) in [5.41, 5.74) is 4.52. The second-order valence-electron chi connectivity index (χ2n) is 7.27. The number of hydrogen-bond acceptors (Lipinski definition) is 8. The number of rotatable bonds is 4. The van der Waals surface area contributed by atoms with Crippen LogP contribution >= 0.6 is 22.9 Å². The summed E-state index contributed by atoms with van der Waals surface area (Å²) < 4.78 is 6.48. The highest BCUT2D eigenvalue weighted by atomic mass is 35.5. The summed E-state index contributed by atoms with van der Waals surface area (Å²) in [5, 5.41) is 27.2. The van der Waals surface area contributed by atoms with Crippen LogP contribution in [0.3, 0.4) is 0 Å². The first-order valence-corrected chi connectivity index (χ1v) is 11.2. The van der Waals surface area contributed by atoms with Crippen LogP contribution in [0.5, 0.6) is 0 Å². The lowest BCUT2D eigenvalue weighted by molar-refractivity contribution is -0.144. The number of aromatic nitrogens is 3. The van der Waals surface area contributed by atoms with Gasteiger partial charge in [-0.25, -0.2) is 0 Å². The molecule has 170 valence electrons. The third kappa shape index (κ3) is 5.24. The lowest BCUT2D eigenvalue weighted by atomic mass is 10.00. The van der Waals surface area contributed by atoms with E-state index in [0.717, 1.165) is 32.9 Å². The molecule has 8 nitrogen and oxygen atoms in total. The summed E-state index contributed by atoms with van der Waals surface area (Å²) in [5.74, 6) is 1.33. The molecule has 3 heterocycles. The van der Waals surface area contributed by atoms with Gasteiger partial charge in [-0.05, 0) is 38.5 Å². The Morgan fingerprint density at radius 2 is 1.94 bits per heavy atom. The number of fused-ring (bicyclic) bond motifs is 3. The van der Waals surface area contributed by atoms with Crippen molar-refractivity contribution < 1.29 is 19.7 Å². The zero-order valence-corrected chi connectivity index (χ0v) is 19.9. The number of hydrogen-bond donors (Lipinski definition) is 2. The van der Waals surface area contributed by atoms with Crippen molar-refractivity contribution in [2.24, 2.45) is 4.99 Å². The number of aliphatic hydroxyl groups excluding tert-OH is 2. The van der Waals surface area contributed by atoms with Gasteiger partial charge in [0.25, 0.3) is 0 Å². The Kier molecular flexibility index (Phi) is 7.78. The lowest BCUT2D eigenvalue weighted by Crippen LogP contribution is -2.20. The van der Waals surface area contributed by atoms with Crippen molar-refractivity contribution in [2.75, 3.05) is 13.2 Å². The van der Waals surface area contributed by atoms with Crippen molar-refractivity contribution in [3.8, 4) is 5.00 Å². The minimum atomic E-state index is -0.950. The van der Waals surface area contributed by atoms with Crippen LogP contribution in [0.2, 0.25) is 5.02 Å². The highest BCUT2D eigenvalue weighted by Gasteiger charge is 2.26. The van der Waals surface area contributed by atoms with E-state index in [1.54, 1.807) is 11.3 Å². The smallest absolute Gasteiger partial charge is 0.302 e. The first-order chi connectivity index (χ1) is 15.2. The first kappa shape index (κ1) is 24.1. The molecule has 0 bridgehead atoms. The number of carbonyl (C=O) groups excluding carboxylic acids is 1. The van der Waals surface area contributed by atoms with Gasteiger partial charge >= 0.3 is 5.97 Å². The van der Waals surface area contributed by atoms with Gasteiger partial charge in [0.2, 0.25) is 0 Å². The normalized spacial score (nSPS) is 13.2. The molecule has 1 aliphatic rings. The summed E-state index contributed by atoms with van der Waals surface area (Å²) in [6.45, 7) is 7.54. The average molecular weight is 477 g/mol. The maximum Gasteiger partial charge on any atom is 0.302 e. The van der Waals surface area contributed by atoms with Crippen molar-refractivity contribution in [1.82, 2.24) is 14.8 Å². The Balaban J connectivity index is 0.000000275. The number of aliphatic imine (C=N–C) groups is 1. The van der Waals surface area contributed by atoms with Gasteiger partial charge in [-0.3, -0.25) is 14.4 Å². The van der Waals surface area contributed by atoms with Crippen LogP contribution in [0.4, 0.5) is 0 Å². The Hall–Kier alpha value is -2.59. The molecule has 0 radical (unpaired) electrons. The number of aryl methyl sites for hydroxylation is 2. The van der Waals surface area contributed by atoms with Crippen LogP contribution in [0, 0.1) is 20.8 Å². The highest BCUT2D eigenvalue weighted by Crippen LogP contribution is 2.36. The average Bonchev–Trinajstić information content (AvgIpc) is 3.21. The Morgan fingerprint density at radius 3 is 2.56 bits per heavy atom. The largest absolute Gasteiger partial charge is 0.463 e. The zero-order valence-electron chi connectivity index (χ0n) is 18.3. The topological polar surface area (TPSA) is 110 Å². The van der Waals surface area contributed by atoms with Gasteiger partial charge in [0, 0.05) is 28.0 Å².